The predicted octanol–water partition coefficient (Wildman–Crippen LogP) is 4.46. The first-order valence-electron chi connectivity index (χ1n) is 9.10. The molecule has 0 fully saturated rings. The first kappa shape index (κ1) is 22.0. The van der Waals surface area contributed by atoms with E-state index in [2.05, 4.69) is 16.9 Å². The molecule has 0 amide bonds. The number of carboxylic acid groups (broad SMARTS) is 1. The van der Waals surface area contributed by atoms with E-state index in [1.165, 1.54) is 6.07 Å². The van der Waals surface area contributed by atoms with Crippen molar-refractivity contribution in [2.24, 2.45) is 0 Å². The van der Waals surface area contributed by atoms with Crippen molar-refractivity contribution < 1.29 is 18.3 Å². The van der Waals surface area contributed by atoms with Crippen LogP contribution in [0.15, 0.2) is 42.5 Å². The molecule has 0 unspecified atom stereocenters. The van der Waals surface area contributed by atoms with Gasteiger partial charge in [-0.3, -0.25) is 4.72 Å². The molecule has 1 aromatic heterocycles. The molecule has 0 saturated carbocycles. The molecule has 31 heavy (non-hydrogen) atoms. The van der Waals surface area contributed by atoms with Gasteiger partial charge in [0, 0.05) is 16.1 Å². The average molecular weight is 452 g/mol. The number of rotatable bonds is 6. The Labute approximate surface area is 183 Å². The van der Waals surface area contributed by atoms with Crippen LogP contribution in [0, 0.1) is 22.7 Å². The zero-order valence-electron chi connectivity index (χ0n) is 16.6. The fourth-order valence-electron chi connectivity index (χ4n) is 3.25. The SMILES string of the molecule is CCc1sc(C(=O)O)c(-c2ccc(-c3ccc(NS(C)(=O)=O)cc3C#N)cc2)c1C#N. The Bertz CT molecular complexity index is 1360. The summed E-state index contributed by atoms with van der Waals surface area (Å²) < 4.78 is 25.2. The number of benzene rings is 2. The van der Waals surface area contributed by atoms with E-state index in [0.29, 0.717) is 34.2 Å². The van der Waals surface area contributed by atoms with Gasteiger partial charge >= 0.3 is 5.97 Å². The molecule has 0 atom stereocenters. The first-order chi connectivity index (χ1) is 14.7. The van der Waals surface area contributed by atoms with Crippen molar-refractivity contribution in [3.05, 3.63) is 63.3 Å². The summed E-state index contributed by atoms with van der Waals surface area (Å²) in [5.74, 6) is -1.08. The van der Waals surface area contributed by atoms with Gasteiger partial charge in [-0.1, -0.05) is 37.3 Å². The van der Waals surface area contributed by atoms with Crippen molar-refractivity contribution in [2.75, 3.05) is 11.0 Å². The lowest BCUT2D eigenvalue weighted by Crippen LogP contribution is -2.09. The number of nitrogens with one attached hydrogen (secondary N) is 1. The average Bonchev–Trinajstić information content (AvgIpc) is 3.11. The predicted molar refractivity (Wildman–Crippen MR) is 119 cm³/mol. The topological polar surface area (TPSA) is 131 Å². The van der Waals surface area contributed by atoms with E-state index in [0.717, 1.165) is 22.5 Å². The van der Waals surface area contributed by atoms with Crippen LogP contribution in [-0.4, -0.2) is 25.7 Å². The second kappa shape index (κ2) is 8.60. The lowest BCUT2D eigenvalue weighted by atomic mass is 9.95. The number of carbonyl (C=O) groups is 1. The molecule has 3 aromatic rings. The summed E-state index contributed by atoms with van der Waals surface area (Å²) in [4.78, 5) is 12.6. The molecule has 0 bridgehead atoms. The zero-order chi connectivity index (χ0) is 22.8. The molecule has 156 valence electrons. The van der Waals surface area contributed by atoms with Gasteiger partial charge in [-0.2, -0.15) is 10.5 Å². The molecule has 2 N–H and O–H groups in total. The van der Waals surface area contributed by atoms with E-state index in [-0.39, 0.29) is 16.1 Å². The Morgan fingerprint density at radius 1 is 1.10 bits per heavy atom. The van der Waals surface area contributed by atoms with Crippen LogP contribution in [0.4, 0.5) is 5.69 Å². The number of sulfonamides is 1. The third kappa shape index (κ3) is 4.58. The molecule has 0 saturated heterocycles. The molecule has 9 heteroatoms. The first-order valence-corrected chi connectivity index (χ1v) is 11.8. The zero-order valence-corrected chi connectivity index (χ0v) is 18.3. The van der Waals surface area contributed by atoms with Gasteiger partial charge in [0.15, 0.2) is 0 Å². The molecule has 7 nitrogen and oxygen atoms in total. The quantitative estimate of drug-likeness (QED) is 0.569. The van der Waals surface area contributed by atoms with Gasteiger partial charge in [-0.15, -0.1) is 11.3 Å². The molecule has 2 aromatic carbocycles. The number of aromatic carboxylic acids is 1. The van der Waals surface area contributed by atoms with Crippen molar-refractivity contribution in [2.45, 2.75) is 13.3 Å². The minimum absolute atomic E-state index is 0.120. The number of thiophene rings is 1. The molecule has 0 aliphatic heterocycles. The molecular formula is C22H17N3O4S2. The number of carboxylic acids is 1. The molecule has 1 heterocycles. The summed E-state index contributed by atoms with van der Waals surface area (Å²) in [6.07, 6.45) is 1.59. The highest BCUT2D eigenvalue weighted by atomic mass is 32.2. The van der Waals surface area contributed by atoms with Gasteiger partial charge in [0.2, 0.25) is 10.0 Å². The molecular weight excluding hydrogens is 434 g/mol. The van der Waals surface area contributed by atoms with Crippen LogP contribution >= 0.6 is 11.3 Å². The van der Waals surface area contributed by atoms with Crippen LogP contribution in [0.25, 0.3) is 22.3 Å². The molecule has 0 spiro atoms. The Hall–Kier alpha value is -3.66. The van der Waals surface area contributed by atoms with Gasteiger partial charge in [-0.25, -0.2) is 13.2 Å². The number of anilines is 1. The fraction of sp³-hybridized carbons (Fsp3) is 0.136. The Morgan fingerprint density at radius 3 is 2.26 bits per heavy atom. The van der Waals surface area contributed by atoms with Crippen molar-refractivity contribution in [3.63, 3.8) is 0 Å². The number of aryl methyl sites for hydroxylation is 1. The van der Waals surface area contributed by atoms with Gasteiger partial charge < -0.3 is 5.11 Å². The summed E-state index contributed by atoms with van der Waals surface area (Å²) in [5, 5.41) is 28.7. The van der Waals surface area contributed by atoms with Crippen LogP contribution in [0.1, 0.15) is 32.6 Å². The third-order valence-corrected chi connectivity index (χ3v) is 6.46. The van der Waals surface area contributed by atoms with Crippen molar-refractivity contribution in [1.82, 2.24) is 0 Å². The van der Waals surface area contributed by atoms with Gasteiger partial charge in [0.25, 0.3) is 0 Å². The maximum absolute atomic E-state index is 11.7. The number of nitrogens with zero attached hydrogens (tertiary/aromatic N) is 2. The summed E-state index contributed by atoms with van der Waals surface area (Å²) in [6, 6.07) is 15.8. The third-order valence-electron chi connectivity index (χ3n) is 4.54. The smallest absolute Gasteiger partial charge is 0.346 e. The normalized spacial score (nSPS) is 10.8. The highest BCUT2D eigenvalue weighted by molar-refractivity contribution is 7.92. The highest BCUT2D eigenvalue weighted by Gasteiger charge is 2.23. The van der Waals surface area contributed by atoms with E-state index >= 15 is 0 Å². The molecule has 3 rings (SSSR count). The minimum atomic E-state index is -3.47. The summed E-state index contributed by atoms with van der Waals surface area (Å²) in [5.41, 5.74) is 3.24. The van der Waals surface area contributed by atoms with Crippen LogP contribution in [-0.2, 0) is 16.4 Å². The second-order valence-corrected chi connectivity index (χ2v) is 9.55. The largest absolute Gasteiger partial charge is 0.477 e. The second-order valence-electron chi connectivity index (χ2n) is 6.70. The number of hydrogen-bond donors (Lipinski definition) is 2. The van der Waals surface area contributed by atoms with E-state index in [1.807, 2.05) is 6.92 Å². The van der Waals surface area contributed by atoms with Crippen molar-refractivity contribution in [3.8, 4) is 34.4 Å². The van der Waals surface area contributed by atoms with Crippen LogP contribution < -0.4 is 4.72 Å². The molecule has 0 radical (unpaired) electrons. The molecule has 0 aliphatic carbocycles. The number of nitriles is 2. The van der Waals surface area contributed by atoms with Gasteiger partial charge in [0.05, 0.1) is 23.5 Å². The Kier molecular flexibility index (Phi) is 6.11. The van der Waals surface area contributed by atoms with E-state index in [1.54, 1.807) is 36.4 Å². The number of hydrogen-bond acceptors (Lipinski definition) is 6. The van der Waals surface area contributed by atoms with Crippen molar-refractivity contribution >= 4 is 33.0 Å². The maximum Gasteiger partial charge on any atom is 0.346 e. The van der Waals surface area contributed by atoms with Gasteiger partial charge in [-0.05, 0) is 35.2 Å². The monoisotopic (exact) mass is 451 g/mol. The minimum Gasteiger partial charge on any atom is -0.477 e. The van der Waals surface area contributed by atoms with E-state index in [9.17, 15) is 28.8 Å². The van der Waals surface area contributed by atoms with Crippen molar-refractivity contribution in [1.29, 1.82) is 10.5 Å². The van der Waals surface area contributed by atoms with Crippen LogP contribution in [0.3, 0.4) is 0 Å². The van der Waals surface area contributed by atoms with Gasteiger partial charge in [0.1, 0.15) is 10.9 Å². The lowest BCUT2D eigenvalue weighted by molar-refractivity contribution is 0.0703. The van der Waals surface area contributed by atoms with Crippen LogP contribution in [0.5, 0.6) is 0 Å². The molecule has 0 aliphatic rings. The summed E-state index contributed by atoms with van der Waals surface area (Å²) in [7, 11) is -3.47. The lowest BCUT2D eigenvalue weighted by Gasteiger charge is -2.10. The van der Waals surface area contributed by atoms with E-state index in [4.69, 9.17) is 0 Å². The maximum atomic E-state index is 11.7. The standard InChI is InChI=1S/C22H17N3O4S2/c1-3-19-18(12-24)20(21(30-19)22(26)27)14-6-4-13(5-7-14)17-9-8-16(10-15(17)11-23)25-31(2,28)29/h4-10,25H,3H2,1-2H3,(H,26,27). The van der Waals surface area contributed by atoms with E-state index < -0.39 is 16.0 Å². The summed E-state index contributed by atoms with van der Waals surface area (Å²) >= 11 is 1.11. The Morgan fingerprint density at radius 2 is 1.74 bits per heavy atom. The summed E-state index contributed by atoms with van der Waals surface area (Å²) in [6.45, 7) is 1.87. The van der Waals surface area contributed by atoms with Crippen LogP contribution in [0.2, 0.25) is 0 Å². The fourth-order valence-corrected chi connectivity index (χ4v) is 4.86. The highest BCUT2D eigenvalue weighted by Crippen LogP contribution is 2.38. The Balaban J connectivity index is 2.06.